The second kappa shape index (κ2) is 9.03. The van der Waals surface area contributed by atoms with Crippen molar-refractivity contribution in [1.29, 1.82) is 0 Å². The average Bonchev–Trinajstić information content (AvgIpc) is 3.07. The summed E-state index contributed by atoms with van der Waals surface area (Å²) in [4.78, 5) is 23.5. The Balaban J connectivity index is 1.51. The van der Waals surface area contributed by atoms with E-state index in [2.05, 4.69) is 5.32 Å². The molecule has 1 aliphatic rings. The highest BCUT2D eigenvalue weighted by atomic mass is 16.5. The van der Waals surface area contributed by atoms with Gasteiger partial charge in [0, 0.05) is 12.1 Å². The Morgan fingerprint density at radius 2 is 1.85 bits per heavy atom. The largest absolute Gasteiger partial charge is 0.463 e. The second-order valence-electron chi connectivity index (χ2n) is 6.42. The third kappa shape index (κ3) is 5.45. The van der Waals surface area contributed by atoms with Gasteiger partial charge in [-0.15, -0.1) is 0 Å². The van der Waals surface area contributed by atoms with E-state index in [1.165, 1.54) is 17.2 Å². The summed E-state index contributed by atoms with van der Waals surface area (Å²) >= 11 is 0. The second-order valence-corrected chi connectivity index (χ2v) is 6.42. The maximum absolute atomic E-state index is 12.0. The molecule has 1 amide bonds. The first-order chi connectivity index (χ1) is 13.1. The van der Waals surface area contributed by atoms with Crippen LogP contribution >= 0.6 is 0 Å². The van der Waals surface area contributed by atoms with Crippen LogP contribution in [0.1, 0.15) is 29.2 Å². The van der Waals surface area contributed by atoms with E-state index < -0.39 is 6.09 Å². The summed E-state index contributed by atoms with van der Waals surface area (Å²) in [7, 11) is 0. The molecule has 0 saturated heterocycles. The van der Waals surface area contributed by atoms with Crippen LogP contribution in [0.5, 0.6) is 0 Å². The molecular weight excluding hydrogens is 342 g/mol. The van der Waals surface area contributed by atoms with E-state index in [0.29, 0.717) is 6.61 Å². The molecule has 0 radical (unpaired) electrons. The Hall–Kier alpha value is -3.08. The number of ether oxygens (including phenoxy) is 2. The van der Waals surface area contributed by atoms with Crippen LogP contribution in [0, 0.1) is 0 Å². The average molecular weight is 365 g/mol. The van der Waals surface area contributed by atoms with Gasteiger partial charge < -0.3 is 14.8 Å². The summed E-state index contributed by atoms with van der Waals surface area (Å²) in [5.41, 5.74) is 4.28. The number of hydrogen-bond donors (Lipinski definition) is 1. The fourth-order valence-corrected chi connectivity index (χ4v) is 3.13. The lowest BCUT2D eigenvalue weighted by atomic mass is 10.1. The van der Waals surface area contributed by atoms with Crippen molar-refractivity contribution in [1.82, 2.24) is 5.32 Å². The molecule has 5 heteroatoms. The zero-order valence-corrected chi connectivity index (χ0v) is 15.3. The summed E-state index contributed by atoms with van der Waals surface area (Å²) in [5.74, 6) is -0.348. The fraction of sp³-hybridized carbons (Fsp3) is 0.273. The van der Waals surface area contributed by atoms with Crippen molar-refractivity contribution in [3.05, 3.63) is 76.9 Å². The van der Waals surface area contributed by atoms with Gasteiger partial charge in [-0.1, -0.05) is 48.5 Å². The van der Waals surface area contributed by atoms with E-state index in [1.807, 2.05) is 48.5 Å². The Bertz CT molecular complexity index is 829. The van der Waals surface area contributed by atoms with Crippen LogP contribution in [-0.4, -0.2) is 24.7 Å². The molecule has 0 spiro atoms. The molecule has 2 aromatic rings. The van der Waals surface area contributed by atoms with Gasteiger partial charge in [0.1, 0.15) is 6.61 Å². The van der Waals surface area contributed by atoms with Gasteiger partial charge in [-0.25, -0.2) is 9.59 Å². The summed E-state index contributed by atoms with van der Waals surface area (Å²) in [5, 5.41) is 2.93. The molecule has 1 N–H and O–H groups in total. The molecule has 0 bridgehead atoms. The maximum Gasteiger partial charge on any atom is 0.407 e. The molecule has 1 unspecified atom stereocenters. The van der Waals surface area contributed by atoms with Crippen molar-refractivity contribution < 1.29 is 19.1 Å². The molecule has 0 heterocycles. The zero-order chi connectivity index (χ0) is 19.1. The van der Waals surface area contributed by atoms with Crippen LogP contribution in [0.3, 0.4) is 0 Å². The number of nitrogens with one attached hydrogen (secondary N) is 1. The van der Waals surface area contributed by atoms with Crippen molar-refractivity contribution >= 4 is 18.1 Å². The molecule has 27 heavy (non-hydrogen) atoms. The van der Waals surface area contributed by atoms with E-state index >= 15 is 0 Å². The van der Waals surface area contributed by atoms with Crippen molar-refractivity contribution in [2.75, 3.05) is 6.61 Å². The number of fused-ring (bicyclic) bond motifs is 1. The van der Waals surface area contributed by atoms with Gasteiger partial charge in [0.2, 0.25) is 0 Å². The van der Waals surface area contributed by atoms with Crippen LogP contribution < -0.4 is 5.32 Å². The molecule has 1 atom stereocenters. The number of amides is 1. The first kappa shape index (κ1) is 18.7. The Labute approximate surface area is 159 Å². The summed E-state index contributed by atoms with van der Waals surface area (Å²) in [6.45, 7) is 2.40. The van der Waals surface area contributed by atoms with E-state index in [-0.39, 0.29) is 18.6 Å². The van der Waals surface area contributed by atoms with Gasteiger partial charge in [-0.05, 0) is 48.1 Å². The standard InChI is InChI=1S/C22H23NO4/c1-2-26-21(24)11-9-16-8-10-18-13-20(14-19(18)12-16)23-22(25)27-15-17-6-4-3-5-7-17/h3-12,20H,2,13-15H2,1H3,(H,23,25)/b11-9+. The highest BCUT2D eigenvalue weighted by molar-refractivity contribution is 5.87. The Morgan fingerprint density at radius 1 is 1.07 bits per heavy atom. The smallest absolute Gasteiger partial charge is 0.407 e. The summed E-state index contributed by atoms with van der Waals surface area (Å²) < 4.78 is 10.2. The normalized spacial score (nSPS) is 15.4. The quantitative estimate of drug-likeness (QED) is 0.627. The van der Waals surface area contributed by atoms with Gasteiger partial charge in [0.05, 0.1) is 6.61 Å². The molecule has 5 nitrogen and oxygen atoms in total. The van der Waals surface area contributed by atoms with Gasteiger partial charge in [-0.3, -0.25) is 0 Å². The maximum atomic E-state index is 12.0. The minimum Gasteiger partial charge on any atom is -0.463 e. The van der Waals surface area contributed by atoms with Gasteiger partial charge >= 0.3 is 12.1 Å². The Kier molecular flexibility index (Phi) is 6.26. The Morgan fingerprint density at radius 3 is 2.63 bits per heavy atom. The minimum absolute atomic E-state index is 0.0209. The highest BCUT2D eigenvalue weighted by Gasteiger charge is 2.23. The van der Waals surface area contributed by atoms with Crippen LogP contribution in [0.25, 0.3) is 6.08 Å². The van der Waals surface area contributed by atoms with Crippen molar-refractivity contribution in [3.8, 4) is 0 Å². The van der Waals surface area contributed by atoms with Crippen molar-refractivity contribution in [3.63, 3.8) is 0 Å². The molecule has 3 rings (SSSR count). The lowest BCUT2D eigenvalue weighted by Crippen LogP contribution is -2.35. The van der Waals surface area contributed by atoms with Crippen molar-refractivity contribution in [2.45, 2.75) is 32.4 Å². The fourth-order valence-electron chi connectivity index (χ4n) is 3.13. The first-order valence-corrected chi connectivity index (χ1v) is 9.08. The van der Waals surface area contributed by atoms with Crippen LogP contribution in [0.2, 0.25) is 0 Å². The molecule has 2 aromatic carbocycles. The summed E-state index contributed by atoms with van der Waals surface area (Å²) in [6.07, 6.45) is 4.29. The number of alkyl carbamates (subject to hydrolysis) is 1. The van der Waals surface area contributed by atoms with E-state index in [1.54, 1.807) is 13.0 Å². The number of carbonyl (C=O) groups excluding carboxylic acids is 2. The van der Waals surface area contributed by atoms with E-state index in [9.17, 15) is 9.59 Å². The van der Waals surface area contributed by atoms with Crippen LogP contribution in [0.4, 0.5) is 4.79 Å². The highest BCUT2D eigenvalue weighted by Crippen LogP contribution is 2.24. The molecule has 0 aliphatic heterocycles. The number of rotatable bonds is 6. The molecule has 140 valence electrons. The van der Waals surface area contributed by atoms with Gasteiger partial charge in [-0.2, -0.15) is 0 Å². The van der Waals surface area contributed by atoms with Crippen LogP contribution in [0.15, 0.2) is 54.6 Å². The predicted molar refractivity (Wildman–Crippen MR) is 103 cm³/mol. The van der Waals surface area contributed by atoms with Crippen molar-refractivity contribution in [2.24, 2.45) is 0 Å². The number of hydrogen-bond acceptors (Lipinski definition) is 4. The lowest BCUT2D eigenvalue weighted by Gasteiger charge is -2.12. The van der Waals surface area contributed by atoms with Crippen LogP contribution in [-0.2, 0) is 33.7 Å². The van der Waals surface area contributed by atoms with Gasteiger partial charge in [0.25, 0.3) is 0 Å². The number of benzene rings is 2. The molecule has 1 aliphatic carbocycles. The third-order valence-electron chi connectivity index (χ3n) is 4.40. The molecule has 0 fully saturated rings. The number of esters is 1. The minimum atomic E-state index is -0.404. The van der Waals surface area contributed by atoms with E-state index in [0.717, 1.165) is 24.0 Å². The summed E-state index contributed by atoms with van der Waals surface area (Å²) in [6, 6.07) is 15.7. The number of carbonyl (C=O) groups is 2. The topological polar surface area (TPSA) is 64.6 Å². The van der Waals surface area contributed by atoms with E-state index in [4.69, 9.17) is 9.47 Å². The molecule has 0 aromatic heterocycles. The third-order valence-corrected chi connectivity index (χ3v) is 4.40. The molecular formula is C22H23NO4. The predicted octanol–water partition coefficient (Wildman–Crippen LogP) is 3.66. The monoisotopic (exact) mass is 365 g/mol. The zero-order valence-electron chi connectivity index (χ0n) is 15.3. The lowest BCUT2D eigenvalue weighted by molar-refractivity contribution is -0.137. The van der Waals surface area contributed by atoms with Gasteiger partial charge in [0.15, 0.2) is 0 Å². The first-order valence-electron chi connectivity index (χ1n) is 9.08. The molecule has 0 saturated carbocycles. The SMILES string of the molecule is CCOC(=O)/C=C/c1ccc2c(c1)CC(NC(=O)OCc1ccccc1)C2.